The van der Waals surface area contributed by atoms with Crippen LogP contribution in [0.1, 0.15) is 290 Å². The zero-order valence-electron chi connectivity index (χ0n) is 50.1. The standard InChI is InChI=1S/C67H121NO10/c1-3-5-7-9-11-13-14-35-39-43-47-51-55-63(72)76-56-52-48-44-40-36-33-31-29-27-25-23-21-19-17-15-16-18-20-22-24-26-28-30-32-34-38-42-46-50-54-62(71)68-59(60(70)53-49-45-41-37-12-10-8-6-4-2)58-77-67-66(75)65(74)64(73)61(57-69)78-67/h11-13,15,17,21,23,37,49,53,59-61,64-67,69-70,73-75H,3-10,14,16,18-20,22,24-36,38-48,50-52,54-58H2,1-2H3,(H,68,71)/b13-11-,17-15-,23-21-,37-12+,53-49+. The summed E-state index contributed by atoms with van der Waals surface area (Å²) >= 11 is 0. The maximum atomic E-state index is 13.0. The van der Waals surface area contributed by atoms with Crippen LogP contribution in [0.25, 0.3) is 0 Å². The van der Waals surface area contributed by atoms with E-state index in [0.29, 0.717) is 19.4 Å². The first kappa shape index (κ1) is 73.4. The van der Waals surface area contributed by atoms with Crippen LogP contribution in [0.4, 0.5) is 0 Å². The maximum Gasteiger partial charge on any atom is 0.305 e. The lowest BCUT2D eigenvalue weighted by atomic mass is 9.99. The number of rotatable bonds is 56. The van der Waals surface area contributed by atoms with Gasteiger partial charge in [0.15, 0.2) is 6.29 Å². The topological polar surface area (TPSA) is 175 Å². The predicted molar refractivity (Wildman–Crippen MR) is 324 cm³/mol. The third-order valence-corrected chi connectivity index (χ3v) is 15.1. The van der Waals surface area contributed by atoms with E-state index in [9.17, 15) is 35.1 Å². The molecule has 1 rings (SSSR count). The molecule has 7 unspecified atom stereocenters. The Balaban J connectivity index is 1.97. The Hall–Kier alpha value is -2.64. The van der Waals surface area contributed by atoms with Crippen LogP contribution in [-0.2, 0) is 23.8 Å². The van der Waals surface area contributed by atoms with E-state index in [0.717, 1.165) is 64.2 Å². The molecule has 11 heteroatoms. The number of amides is 1. The Bertz CT molecular complexity index is 1480. The van der Waals surface area contributed by atoms with Crippen LogP contribution in [0.15, 0.2) is 60.8 Å². The number of allylic oxidation sites excluding steroid dienone is 9. The molecule has 0 radical (unpaired) electrons. The number of hydrogen-bond acceptors (Lipinski definition) is 10. The smallest absolute Gasteiger partial charge is 0.305 e. The molecule has 78 heavy (non-hydrogen) atoms. The normalized spacial score (nSPS) is 18.9. The minimum atomic E-state index is -1.58. The summed E-state index contributed by atoms with van der Waals surface area (Å²) in [6, 6.07) is -0.828. The predicted octanol–water partition coefficient (Wildman–Crippen LogP) is 15.8. The minimum absolute atomic E-state index is 0.00773. The summed E-state index contributed by atoms with van der Waals surface area (Å²) in [5.41, 5.74) is 0. The first-order valence-electron chi connectivity index (χ1n) is 32.6. The van der Waals surface area contributed by atoms with Gasteiger partial charge >= 0.3 is 5.97 Å². The second-order valence-corrected chi connectivity index (χ2v) is 22.4. The van der Waals surface area contributed by atoms with Crippen molar-refractivity contribution in [1.82, 2.24) is 5.32 Å². The summed E-state index contributed by atoms with van der Waals surface area (Å²) in [6.45, 7) is 4.25. The van der Waals surface area contributed by atoms with Crippen LogP contribution in [-0.4, -0.2) is 100 Å². The Morgan fingerprint density at radius 2 is 0.872 bits per heavy atom. The summed E-state index contributed by atoms with van der Waals surface area (Å²) in [5, 5.41) is 54.2. The number of unbranched alkanes of at least 4 members (excludes halogenated alkanes) is 34. The molecule has 1 aliphatic rings. The first-order chi connectivity index (χ1) is 38.2. The third-order valence-electron chi connectivity index (χ3n) is 15.1. The van der Waals surface area contributed by atoms with E-state index < -0.39 is 49.5 Å². The molecule has 1 fully saturated rings. The molecule has 0 aromatic carbocycles. The summed E-state index contributed by atoms with van der Waals surface area (Å²) in [7, 11) is 0. The average Bonchev–Trinajstić information content (AvgIpc) is 3.45. The fourth-order valence-corrected chi connectivity index (χ4v) is 9.89. The molecule has 0 spiro atoms. The zero-order chi connectivity index (χ0) is 56.6. The van der Waals surface area contributed by atoms with Gasteiger partial charge in [0.05, 0.1) is 32.0 Å². The van der Waals surface area contributed by atoms with E-state index in [1.165, 1.54) is 199 Å². The van der Waals surface area contributed by atoms with E-state index in [1.54, 1.807) is 6.08 Å². The van der Waals surface area contributed by atoms with Gasteiger partial charge in [0.1, 0.15) is 24.4 Å². The SMILES string of the molecule is CCCCC/C=C\CCCCCCCC(=O)OCCCCCCCCCCC/C=C\C/C=C\CCCCCCCCCCCCCCCC(=O)NC(COC1OC(CO)C(O)C(O)C1O)C(O)/C=C/CC/C=C/CCCCC. The number of carbonyl (C=O) groups excluding carboxylic acids is 2. The molecule has 1 saturated heterocycles. The van der Waals surface area contributed by atoms with Crippen molar-refractivity contribution in [2.75, 3.05) is 19.8 Å². The summed E-state index contributed by atoms with van der Waals surface area (Å²) < 4.78 is 16.7. The molecule has 1 heterocycles. The van der Waals surface area contributed by atoms with Gasteiger partial charge in [0.2, 0.25) is 5.91 Å². The molecule has 0 aliphatic carbocycles. The minimum Gasteiger partial charge on any atom is -0.466 e. The maximum absolute atomic E-state index is 13.0. The second-order valence-electron chi connectivity index (χ2n) is 22.4. The van der Waals surface area contributed by atoms with Crippen molar-refractivity contribution in [3.8, 4) is 0 Å². The summed E-state index contributed by atoms with van der Waals surface area (Å²) in [4.78, 5) is 25.0. The molecule has 0 bridgehead atoms. The highest BCUT2D eigenvalue weighted by atomic mass is 16.7. The number of hydrogen-bond donors (Lipinski definition) is 6. The fourth-order valence-electron chi connectivity index (χ4n) is 9.89. The van der Waals surface area contributed by atoms with Crippen LogP contribution < -0.4 is 5.32 Å². The summed E-state index contributed by atoms with van der Waals surface area (Å²) in [6.07, 6.45) is 63.6. The monoisotopic (exact) mass is 1100 g/mol. The van der Waals surface area contributed by atoms with Gasteiger partial charge in [-0.3, -0.25) is 9.59 Å². The van der Waals surface area contributed by atoms with Crippen molar-refractivity contribution in [2.24, 2.45) is 0 Å². The van der Waals surface area contributed by atoms with Crippen molar-refractivity contribution in [3.63, 3.8) is 0 Å². The van der Waals surface area contributed by atoms with Gasteiger partial charge in [0, 0.05) is 12.8 Å². The number of aliphatic hydroxyl groups is 5. The fraction of sp³-hybridized carbons (Fsp3) is 0.821. The molecule has 0 aromatic heterocycles. The highest BCUT2D eigenvalue weighted by Crippen LogP contribution is 2.23. The molecular weight excluding hydrogens is 979 g/mol. The van der Waals surface area contributed by atoms with Gasteiger partial charge in [-0.05, 0) is 103 Å². The van der Waals surface area contributed by atoms with Crippen molar-refractivity contribution in [2.45, 2.75) is 333 Å². The Kier molecular flexibility index (Phi) is 52.9. The van der Waals surface area contributed by atoms with Crippen LogP contribution in [0.3, 0.4) is 0 Å². The van der Waals surface area contributed by atoms with E-state index in [-0.39, 0.29) is 18.5 Å². The molecule has 6 N–H and O–H groups in total. The van der Waals surface area contributed by atoms with Gasteiger partial charge in [-0.2, -0.15) is 0 Å². The van der Waals surface area contributed by atoms with E-state index in [1.807, 2.05) is 6.08 Å². The van der Waals surface area contributed by atoms with Gasteiger partial charge in [-0.15, -0.1) is 0 Å². The largest absolute Gasteiger partial charge is 0.466 e. The first-order valence-corrected chi connectivity index (χ1v) is 32.6. The number of aliphatic hydroxyl groups excluding tert-OH is 5. The molecule has 454 valence electrons. The Labute approximate surface area is 478 Å². The molecular formula is C67H121NO10. The number of nitrogens with one attached hydrogen (secondary N) is 1. The second kappa shape index (κ2) is 56.2. The number of carbonyl (C=O) groups is 2. The van der Waals surface area contributed by atoms with Crippen LogP contribution in [0.5, 0.6) is 0 Å². The third kappa shape index (κ3) is 45.0. The summed E-state index contributed by atoms with van der Waals surface area (Å²) in [5.74, 6) is -0.204. The lowest BCUT2D eigenvalue weighted by molar-refractivity contribution is -0.302. The molecule has 0 saturated carbocycles. The Morgan fingerprint density at radius 1 is 0.474 bits per heavy atom. The molecule has 11 nitrogen and oxygen atoms in total. The molecule has 0 aromatic rings. The van der Waals surface area contributed by atoms with E-state index in [2.05, 4.69) is 67.8 Å². The van der Waals surface area contributed by atoms with Crippen LogP contribution >= 0.6 is 0 Å². The van der Waals surface area contributed by atoms with Crippen molar-refractivity contribution >= 4 is 11.9 Å². The van der Waals surface area contributed by atoms with Crippen molar-refractivity contribution < 1.29 is 49.3 Å². The zero-order valence-corrected chi connectivity index (χ0v) is 50.1. The number of ether oxygens (including phenoxy) is 3. The van der Waals surface area contributed by atoms with Crippen LogP contribution in [0.2, 0.25) is 0 Å². The van der Waals surface area contributed by atoms with Gasteiger partial charge in [0.25, 0.3) is 0 Å². The quantitative estimate of drug-likeness (QED) is 0.0195. The highest BCUT2D eigenvalue weighted by molar-refractivity contribution is 5.76. The van der Waals surface area contributed by atoms with Gasteiger partial charge in [-0.1, -0.05) is 235 Å². The molecule has 1 aliphatic heterocycles. The number of esters is 1. The van der Waals surface area contributed by atoms with Crippen molar-refractivity contribution in [3.05, 3.63) is 60.8 Å². The highest BCUT2D eigenvalue weighted by Gasteiger charge is 2.44. The van der Waals surface area contributed by atoms with Crippen molar-refractivity contribution in [1.29, 1.82) is 0 Å². The average molecular weight is 1100 g/mol. The van der Waals surface area contributed by atoms with Crippen LogP contribution in [0, 0.1) is 0 Å². The molecule has 1 amide bonds. The molecule has 7 atom stereocenters. The van der Waals surface area contributed by atoms with E-state index >= 15 is 0 Å². The lowest BCUT2D eigenvalue weighted by Gasteiger charge is -2.40. The Morgan fingerprint density at radius 3 is 1.35 bits per heavy atom. The van der Waals surface area contributed by atoms with Gasteiger partial charge < -0.3 is 45.1 Å². The van der Waals surface area contributed by atoms with Gasteiger partial charge in [-0.25, -0.2) is 0 Å². The van der Waals surface area contributed by atoms with E-state index in [4.69, 9.17) is 14.2 Å². The lowest BCUT2D eigenvalue weighted by Crippen LogP contribution is -2.60.